The van der Waals surface area contributed by atoms with E-state index in [0.717, 1.165) is 13.1 Å². The van der Waals surface area contributed by atoms with E-state index in [1.807, 2.05) is 12.1 Å². The highest BCUT2D eigenvalue weighted by Crippen LogP contribution is 2.30. The fourth-order valence-corrected chi connectivity index (χ4v) is 2.28. The van der Waals surface area contributed by atoms with E-state index in [1.165, 1.54) is 12.8 Å². The summed E-state index contributed by atoms with van der Waals surface area (Å²) in [6, 6.07) is 5.26. The molecule has 94 valence electrons. The van der Waals surface area contributed by atoms with Crippen molar-refractivity contribution in [3.05, 3.63) is 29.6 Å². The molecule has 0 radical (unpaired) electrons. The zero-order chi connectivity index (χ0) is 12.5. The Hall–Kier alpha value is -1.09. The predicted molar refractivity (Wildman–Crippen MR) is 69.1 cm³/mol. The Kier molecular flexibility index (Phi) is 3.38. The monoisotopic (exact) mass is 236 g/mol. The molecule has 1 aliphatic heterocycles. The lowest BCUT2D eigenvalue weighted by Crippen LogP contribution is -2.37. The second kappa shape index (κ2) is 4.65. The third-order valence-corrected chi connectivity index (χ3v) is 3.71. The highest BCUT2D eigenvalue weighted by Gasteiger charge is 2.25. The Morgan fingerprint density at radius 3 is 2.59 bits per heavy atom. The van der Waals surface area contributed by atoms with E-state index in [4.69, 9.17) is 5.73 Å². The third kappa shape index (κ3) is 2.97. The molecule has 1 saturated heterocycles. The maximum absolute atomic E-state index is 13.8. The Morgan fingerprint density at radius 1 is 1.29 bits per heavy atom. The molecule has 0 amide bonds. The number of likely N-dealkylation sites (tertiary alicyclic amines) is 1. The number of nitrogen functional groups attached to an aromatic ring is 1. The molecule has 1 fully saturated rings. The molecule has 1 aromatic carbocycles. The summed E-state index contributed by atoms with van der Waals surface area (Å²) >= 11 is 0. The average molecular weight is 236 g/mol. The molecule has 0 aliphatic carbocycles. The molecule has 17 heavy (non-hydrogen) atoms. The van der Waals surface area contributed by atoms with E-state index in [1.54, 1.807) is 6.07 Å². The standard InChI is InChI=1S/C14H21FN2/c1-14(2)6-8-17(9-7-14)10-11-4-3-5-12(16)13(11)15/h3-5H,6-10,16H2,1-2H3. The number of nitrogens with two attached hydrogens (primary N) is 1. The van der Waals surface area contributed by atoms with Crippen molar-refractivity contribution in [2.75, 3.05) is 18.8 Å². The molecule has 1 aromatic rings. The van der Waals surface area contributed by atoms with Crippen molar-refractivity contribution < 1.29 is 4.39 Å². The van der Waals surface area contributed by atoms with Gasteiger partial charge in [-0.2, -0.15) is 0 Å². The topological polar surface area (TPSA) is 29.3 Å². The van der Waals surface area contributed by atoms with E-state index in [-0.39, 0.29) is 11.5 Å². The maximum atomic E-state index is 13.8. The minimum absolute atomic E-state index is 0.250. The number of halogens is 1. The lowest BCUT2D eigenvalue weighted by atomic mass is 9.82. The molecule has 2 N–H and O–H groups in total. The SMILES string of the molecule is CC1(C)CCN(Cc2cccc(N)c2F)CC1. The van der Waals surface area contributed by atoms with Crippen molar-refractivity contribution in [2.24, 2.45) is 5.41 Å². The lowest BCUT2D eigenvalue weighted by Gasteiger charge is -2.37. The normalized spacial score (nSPS) is 20.4. The van der Waals surface area contributed by atoms with Gasteiger partial charge in [0.1, 0.15) is 0 Å². The van der Waals surface area contributed by atoms with Crippen molar-refractivity contribution in [2.45, 2.75) is 33.2 Å². The fourth-order valence-electron chi connectivity index (χ4n) is 2.28. The van der Waals surface area contributed by atoms with E-state index >= 15 is 0 Å². The summed E-state index contributed by atoms with van der Waals surface area (Å²) in [6.07, 6.45) is 2.36. The van der Waals surface area contributed by atoms with E-state index in [2.05, 4.69) is 18.7 Å². The van der Waals surface area contributed by atoms with Gasteiger partial charge in [-0.3, -0.25) is 4.90 Å². The van der Waals surface area contributed by atoms with Gasteiger partial charge in [-0.05, 0) is 37.4 Å². The van der Waals surface area contributed by atoms with Crippen LogP contribution in [0, 0.1) is 11.2 Å². The highest BCUT2D eigenvalue weighted by molar-refractivity contribution is 5.42. The largest absolute Gasteiger partial charge is 0.396 e. The second-order valence-corrected chi connectivity index (χ2v) is 5.76. The Balaban J connectivity index is 2.00. The zero-order valence-electron chi connectivity index (χ0n) is 10.7. The maximum Gasteiger partial charge on any atom is 0.150 e. The molecular formula is C14H21FN2. The van der Waals surface area contributed by atoms with Crippen LogP contribution in [0.4, 0.5) is 10.1 Å². The molecule has 0 bridgehead atoms. The van der Waals surface area contributed by atoms with Crippen molar-refractivity contribution in [3.8, 4) is 0 Å². The molecule has 0 unspecified atom stereocenters. The van der Waals surface area contributed by atoms with Crippen molar-refractivity contribution in [3.63, 3.8) is 0 Å². The number of benzene rings is 1. The number of hydrogen-bond acceptors (Lipinski definition) is 2. The quantitative estimate of drug-likeness (QED) is 0.800. The van der Waals surface area contributed by atoms with Gasteiger partial charge in [0.2, 0.25) is 0 Å². The lowest BCUT2D eigenvalue weighted by molar-refractivity contribution is 0.126. The van der Waals surface area contributed by atoms with Crippen LogP contribution >= 0.6 is 0 Å². The summed E-state index contributed by atoms with van der Waals surface area (Å²) in [5.74, 6) is -0.252. The highest BCUT2D eigenvalue weighted by atomic mass is 19.1. The van der Waals surface area contributed by atoms with Crippen LogP contribution in [0.25, 0.3) is 0 Å². The molecule has 3 heteroatoms. The van der Waals surface area contributed by atoms with Gasteiger partial charge in [0.25, 0.3) is 0 Å². The molecule has 0 aromatic heterocycles. The summed E-state index contributed by atoms with van der Waals surface area (Å²) in [4.78, 5) is 2.31. The Morgan fingerprint density at radius 2 is 1.94 bits per heavy atom. The minimum atomic E-state index is -0.252. The van der Waals surface area contributed by atoms with Gasteiger partial charge in [-0.1, -0.05) is 26.0 Å². The van der Waals surface area contributed by atoms with Crippen LogP contribution in [-0.2, 0) is 6.54 Å². The first kappa shape index (κ1) is 12.4. The van der Waals surface area contributed by atoms with Gasteiger partial charge in [0.15, 0.2) is 5.82 Å². The van der Waals surface area contributed by atoms with Crippen LogP contribution in [0.3, 0.4) is 0 Å². The van der Waals surface area contributed by atoms with Crippen molar-refractivity contribution in [1.29, 1.82) is 0 Å². The number of piperidine rings is 1. The van der Waals surface area contributed by atoms with Crippen LogP contribution in [0.2, 0.25) is 0 Å². The summed E-state index contributed by atoms with van der Waals surface area (Å²) in [5.41, 5.74) is 6.97. The van der Waals surface area contributed by atoms with E-state index in [9.17, 15) is 4.39 Å². The summed E-state index contributed by atoms with van der Waals surface area (Å²) < 4.78 is 13.8. The summed E-state index contributed by atoms with van der Waals surface area (Å²) in [5, 5.41) is 0. The molecular weight excluding hydrogens is 215 g/mol. The first-order valence-electron chi connectivity index (χ1n) is 6.23. The molecule has 2 nitrogen and oxygen atoms in total. The minimum Gasteiger partial charge on any atom is -0.396 e. The number of hydrogen-bond donors (Lipinski definition) is 1. The molecule has 0 atom stereocenters. The first-order valence-corrected chi connectivity index (χ1v) is 6.23. The van der Waals surface area contributed by atoms with Crippen molar-refractivity contribution in [1.82, 2.24) is 4.90 Å². The molecule has 0 saturated carbocycles. The second-order valence-electron chi connectivity index (χ2n) is 5.76. The molecule has 2 rings (SSSR count). The fraction of sp³-hybridized carbons (Fsp3) is 0.571. The van der Waals surface area contributed by atoms with Gasteiger partial charge in [0, 0.05) is 12.1 Å². The Labute approximate surface area is 103 Å². The predicted octanol–water partition coefficient (Wildman–Crippen LogP) is 3.03. The van der Waals surface area contributed by atoms with Crippen LogP contribution < -0.4 is 5.73 Å². The van der Waals surface area contributed by atoms with Crippen LogP contribution in [0.1, 0.15) is 32.3 Å². The van der Waals surface area contributed by atoms with E-state index in [0.29, 0.717) is 17.5 Å². The van der Waals surface area contributed by atoms with Gasteiger partial charge in [-0.25, -0.2) is 4.39 Å². The number of rotatable bonds is 2. The molecule has 0 spiro atoms. The van der Waals surface area contributed by atoms with Crippen LogP contribution in [0.15, 0.2) is 18.2 Å². The average Bonchev–Trinajstić information content (AvgIpc) is 2.27. The molecule has 1 heterocycles. The van der Waals surface area contributed by atoms with Gasteiger partial charge in [-0.15, -0.1) is 0 Å². The molecule has 1 aliphatic rings. The van der Waals surface area contributed by atoms with Crippen LogP contribution in [-0.4, -0.2) is 18.0 Å². The van der Waals surface area contributed by atoms with E-state index < -0.39 is 0 Å². The smallest absolute Gasteiger partial charge is 0.150 e. The Bertz CT molecular complexity index is 391. The van der Waals surface area contributed by atoms with Crippen molar-refractivity contribution >= 4 is 5.69 Å². The van der Waals surface area contributed by atoms with Gasteiger partial charge < -0.3 is 5.73 Å². The van der Waals surface area contributed by atoms with Crippen LogP contribution in [0.5, 0.6) is 0 Å². The van der Waals surface area contributed by atoms with Gasteiger partial charge >= 0.3 is 0 Å². The third-order valence-electron chi connectivity index (χ3n) is 3.71. The van der Waals surface area contributed by atoms with Gasteiger partial charge in [0.05, 0.1) is 5.69 Å². The first-order chi connectivity index (χ1) is 7.98. The summed E-state index contributed by atoms with van der Waals surface area (Å²) in [7, 11) is 0. The summed E-state index contributed by atoms with van der Waals surface area (Å²) in [6.45, 7) is 7.35. The zero-order valence-corrected chi connectivity index (χ0v) is 10.7. The number of nitrogens with zero attached hydrogens (tertiary/aromatic N) is 1. The number of anilines is 1.